The van der Waals surface area contributed by atoms with E-state index in [1.807, 2.05) is 24.4 Å². The number of Topliss-reactive ketones (excluding diaryl/α,β-unsaturated/α-hetero) is 1. The predicted molar refractivity (Wildman–Crippen MR) is 65.9 cm³/mol. The van der Waals surface area contributed by atoms with Crippen LogP contribution in [0.1, 0.15) is 27.2 Å². The molecule has 0 radical (unpaired) electrons. The highest BCUT2D eigenvalue weighted by Crippen LogP contribution is 2.14. The van der Waals surface area contributed by atoms with Crippen molar-refractivity contribution in [1.82, 2.24) is 4.98 Å². The third-order valence-electron chi connectivity index (χ3n) is 2.52. The fourth-order valence-electron chi connectivity index (χ4n) is 1.58. The summed E-state index contributed by atoms with van der Waals surface area (Å²) in [6.07, 6.45) is 4.76. The third-order valence-corrected chi connectivity index (χ3v) is 3.45. The molecule has 0 amide bonds. The number of aromatic nitrogens is 1. The minimum atomic E-state index is 0.180. The van der Waals surface area contributed by atoms with Gasteiger partial charge in [0.05, 0.1) is 0 Å². The molecule has 0 bridgehead atoms. The first-order valence-corrected chi connectivity index (χ1v) is 6.11. The van der Waals surface area contributed by atoms with Gasteiger partial charge in [0.2, 0.25) is 0 Å². The summed E-state index contributed by atoms with van der Waals surface area (Å²) in [4.78, 5) is 17.2. The second kappa shape index (κ2) is 5.03. The molecule has 0 unspecified atom stereocenters. The van der Waals surface area contributed by atoms with Crippen LogP contribution in [0.4, 0.5) is 0 Å². The summed E-state index contributed by atoms with van der Waals surface area (Å²) in [7, 11) is 0. The van der Waals surface area contributed by atoms with Gasteiger partial charge in [0.25, 0.3) is 0 Å². The molecule has 2 aromatic rings. The Balaban J connectivity index is 2.01. The normalized spacial score (nSPS) is 10.3. The van der Waals surface area contributed by atoms with Crippen LogP contribution in [0.25, 0.3) is 0 Å². The summed E-state index contributed by atoms with van der Waals surface area (Å²) in [6.45, 7) is 1.94. The Labute approximate surface area is 99.0 Å². The van der Waals surface area contributed by atoms with Gasteiger partial charge >= 0.3 is 0 Å². The predicted octanol–water partition coefficient (Wildman–Crippen LogP) is 3.27. The second-order valence-electron chi connectivity index (χ2n) is 3.69. The molecule has 3 heteroatoms. The number of hydrogen-bond acceptors (Lipinski definition) is 3. The van der Waals surface area contributed by atoms with E-state index in [1.165, 1.54) is 4.88 Å². The molecule has 0 saturated carbocycles. The number of thiophene rings is 1. The van der Waals surface area contributed by atoms with Crippen LogP contribution < -0.4 is 0 Å². The van der Waals surface area contributed by atoms with Gasteiger partial charge in [0.15, 0.2) is 5.78 Å². The van der Waals surface area contributed by atoms with E-state index >= 15 is 0 Å². The average Bonchev–Trinajstić information content (AvgIpc) is 2.79. The molecule has 0 spiro atoms. The number of pyridine rings is 1. The van der Waals surface area contributed by atoms with Crippen LogP contribution in [0.5, 0.6) is 0 Å². The van der Waals surface area contributed by atoms with Gasteiger partial charge in [-0.3, -0.25) is 9.78 Å². The number of ketones is 1. The fourth-order valence-corrected chi connectivity index (χ4v) is 2.29. The van der Waals surface area contributed by atoms with Crippen molar-refractivity contribution in [2.75, 3.05) is 0 Å². The lowest BCUT2D eigenvalue weighted by Crippen LogP contribution is -2.03. The van der Waals surface area contributed by atoms with Crippen molar-refractivity contribution in [2.24, 2.45) is 0 Å². The molecule has 0 saturated heterocycles. The molecule has 16 heavy (non-hydrogen) atoms. The Hall–Kier alpha value is -1.48. The number of hydrogen-bond donors (Lipinski definition) is 0. The Morgan fingerprint density at radius 3 is 3.00 bits per heavy atom. The molecule has 0 aliphatic carbocycles. The Morgan fingerprint density at radius 1 is 1.44 bits per heavy atom. The number of rotatable bonds is 4. The summed E-state index contributed by atoms with van der Waals surface area (Å²) >= 11 is 1.70. The smallest absolute Gasteiger partial charge is 0.165 e. The summed E-state index contributed by atoms with van der Waals surface area (Å²) in [6, 6.07) is 5.95. The van der Waals surface area contributed by atoms with Crippen LogP contribution in [-0.2, 0) is 6.42 Å². The van der Waals surface area contributed by atoms with Gasteiger partial charge in [0.1, 0.15) is 0 Å². The summed E-state index contributed by atoms with van der Waals surface area (Å²) in [5.41, 5.74) is 1.75. The standard InChI is InChI=1S/C13H13NOS/c1-10-6-7-14-9-12(10)13(15)5-4-11-3-2-8-16-11/h2-3,6-9H,4-5H2,1H3. The molecular weight excluding hydrogens is 218 g/mol. The Bertz CT molecular complexity index is 476. The van der Waals surface area contributed by atoms with Gasteiger partial charge in [-0.25, -0.2) is 0 Å². The van der Waals surface area contributed by atoms with E-state index < -0.39 is 0 Å². The molecule has 0 aliphatic heterocycles. The lowest BCUT2D eigenvalue weighted by Gasteiger charge is -2.02. The zero-order valence-electron chi connectivity index (χ0n) is 9.14. The van der Waals surface area contributed by atoms with E-state index in [0.29, 0.717) is 6.42 Å². The largest absolute Gasteiger partial charge is 0.294 e. The van der Waals surface area contributed by atoms with E-state index in [4.69, 9.17) is 0 Å². The Morgan fingerprint density at radius 2 is 2.31 bits per heavy atom. The minimum absolute atomic E-state index is 0.180. The third kappa shape index (κ3) is 2.55. The van der Waals surface area contributed by atoms with Crippen molar-refractivity contribution < 1.29 is 4.79 Å². The van der Waals surface area contributed by atoms with Gasteiger partial charge < -0.3 is 0 Å². The quantitative estimate of drug-likeness (QED) is 0.756. The summed E-state index contributed by atoms with van der Waals surface area (Å²) in [5.74, 6) is 0.180. The van der Waals surface area contributed by atoms with Gasteiger partial charge in [-0.2, -0.15) is 0 Å². The average molecular weight is 231 g/mol. The first kappa shape index (κ1) is 11.0. The summed E-state index contributed by atoms with van der Waals surface area (Å²) < 4.78 is 0. The molecule has 82 valence electrons. The Kier molecular flexibility index (Phi) is 3.47. The first-order valence-electron chi connectivity index (χ1n) is 5.23. The van der Waals surface area contributed by atoms with Gasteiger partial charge in [0, 0.05) is 29.3 Å². The zero-order valence-corrected chi connectivity index (χ0v) is 9.96. The maximum Gasteiger partial charge on any atom is 0.165 e. The molecule has 2 rings (SSSR count). The fraction of sp³-hybridized carbons (Fsp3) is 0.231. The van der Waals surface area contributed by atoms with Gasteiger partial charge in [-0.1, -0.05) is 6.07 Å². The highest BCUT2D eigenvalue weighted by Gasteiger charge is 2.09. The van der Waals surface area contributed by atoms with E-state index in [-0.39, 0.29) is 5.78 Å². The van der Waals surface area contributed by atoms with E-state index in [2.05, 4.69) is 11.1 Å². The van der Waals surface area contributed by atoms with Crippen molar-refractivity contribution in [3.05, 3.63) is 52.0 Å². The van der Waals surface area contributed by atoms with Gasteiger partial charge in [-0.05, 0) is 36.4 Å². The zero-order chi connectivity index (χ0) is 11.4. The number of carbonyl (C=O) groups is 1. The van der Waals surface area contributed by atoms with Crippen molar-refractivity contribution >= 4 is 17.1 Å². The van der Waals surface area contributed by atoms with Crippen LogP contribution in [0.15, 0.2) is 36.0 Å². The van der Waals surface area contributed by atoms with E-state index in [9.17, 15) is 4.79 Å². The monoisotopic (exact) mass is 231 g/mol. The van der Waals surface area contributed by atoms with Crippen LogP contribution in [0, 0.1) is 6.92 Å². The van der Waals surface area contributed by atoms with Crippen LogP contribution in [-0.4, -0.2) is 10.8 Å². The summed E-state index contributed by atoms with van der Waals surface area (Å²) in [5, 5.41) is 2.04. The molecule has 2 heterocycles. The second-order valence-corrected chi connectivity index (χ2v) is 4.73. The first-order chi connectivity index (χ1) is 7.77. The molecule has 2 nitrogen and oxygen atoms in total. The molecule has 0 aliphatic rings. The molecule has 0 fully saturated rings. The van der Waals surface area contributed by atoms with E-state index in [1.54, 1.807) is 23.7 Å². The van der Waals surface area contributed by atoms with Crippen molar-refractivity contribution in [3.8, 4) is 0 Å². The van der Waals surface area contributed by atoms with Crippen molar-refractivity contribution in [1.29, 1.82) is 0 Å². The molecule has 2 aromatic heterocycles. The molecular formula is C13H13NOS. The maximum atomic E-state index is 11.9. The van der Waals surface area contributed by atoms with Crippen LogP contribution in [0.2, 0.25) is 0 Å². The molecule has 0 N–H and O–H groups in total. The highest BCUT2D eigenvalue weighted by molar-refractivity contribution is 7.09. The van der Waals surface area contributed by atoms with Crippen LogP contribution >= 0.6 is 11.3 Å². The lowest BCUT2D eigenvalue weighted by atomic mass is 10.0. The topological polar surface area (TPSA) is 30.0 Å². The van der Waals surface area contributed by atoms with Gasteiger partial charge in [-0.15, -0.1) is 11.3 Å². The van der Waals surface area contributed by atoms with E-state index in [0.717, 1.165) is 17.5 Å². The number of carbonyl (C=O) groups excluding carboxylic acids is 1. The maximum absolute atomic E-state index is 11.9. The minimum Gasteiger partial charge on any atom is -0.294 e. The molecule has 0 aromatic carbocycles. The number of aryl methyl sites for hydroxylation is 2. The van der Waals surface area contributed by atoms with Crippen molar-refractivity contribution in [2.45, 2.75) is 19.8 Å². The SMILES string of the molecule is Cc1ccncc1C(=O)CCc1cccs1. The van der Waals surface area contributed by atoms with Crippen LogP contribution in [0.3, 0.4) is 0 Å². The molecule has 0 atom stereocenters. The van der Waals surface area contributed by atoms with Crippen molar-refractivity contribution in [3.63, 3.8) is 0 Å². The lowest BCUT2D eigenvalue weighted by molar-refractivity contribution is 0.0982. The number of nitrogens with zero attached hydrogens (tertiary/aromatic N) is 1. The highest BCUT2D eigenvalue weighted by atomic mass is 32.1.